The molecular weight excluding hydrogens is 264 g/mol. The van der Waals surface area contributed by atoms with Gasteiger partial charge < -0.3 is 14.9 Å². The van der Waals surface area contributed by atoms with Gasteiger partial charge in [0.1, 0.15) is 5.60 Å². The molecule has 0 radical (unpaired) electrons. The summed E-state index contributed by atoms with van der Waals surface area (Å²) in [6.07, 6.45) is 4.73. The molecule has 20 heavy (non-hydrogen) atoms. The third-order valence-corrected chi connectivity index (χ3v) is 3.38. The first-order valence-corrected chi connectivity index (χ1v) is 6.68. The Morgan fingerprint density at radius 2 is 1.70 bits per heavy atom. The molecule has 1 aliphatic carbocycles. The van der Waals surface area contributed by atoms with Crippen LogP contribution in [0.5, 0.6) is 0 Å². The molecule has 0 unspecified atom stereocenters. The Kier molecular flexibility index (Phi) is 5.73. The number of carbonyl (C=O) groups is 3. The molecular formula is C14H20O6. The number of ether oxygens (including phenoxy) is 1. The van der Waals surface area contributed by atoms with Gasteiger partial charge in [0.2, 0.25) is 0 Å². The molecule has 1 fully saturated rings. The zero-order valence-corrected chi connectivity index (χ0v) is 11.6. The molecule has 112 valence electrons. The van der Waals surface area contributed by atoms with E-state index < -0.39 is 36.4 Å². The standard InChI is InChI=1S/C14H20O6/c1-14(7-3-2-4-8-14)20-13(19)10(9-12(17)18)5-6-11(15)16/h5H,2-4,6-9H2,1H3,(H,15,16)(H,17,18). The third kappa shape index (κ3) is 5.42. The lowest BCUT2D eigenvalue weighted by atomic mass is 9.86. The van der Waals surface area contributed by atoms with Crippen LogP contribution in [0.3, 0.4) is 0 Å². The smallest absolute Gasteiger partial charge is 0.334 e. The summed E-state index contributed by atoms with van der Waals surface area (Å²) in [6.45, 7) is 1.83. The summed E-state index contributed by atoms with van der Waals surface area (Å²) in [5.74, 6) is -3.03. The number of carboxylic acids is 2. The van der Waals surface area contributed by atoms with Gasteiger partial charge in [-0.05, 0) is 32.6 Å². The lowest BCUT2D eigenvalue weighted by Gasteiger charge is -2.33. The normalized spacial score (nSPS) is 18.4. The van der Waals surface area contributed by atoms with Crippen molar-refractivity contribution in [2.45, 2.75) is 57.5 Å². The molecule has 1 aliphatic rings. The summed E-state index contributed by atoms with van der Waals surface area (Å²) in [7, 11) is 0. The first kappa shape index (κ1) is 16.2. The minimum absolute atomic E-state index is 0.105. The number of carbonyl (C=O) groups excluding carboxylic acids is 1. The fourth-order valence-corrected chi connectivity index (χ4v) is 2.29. The second-order valence-corrected chi connectivity index (χ2v) is 5.30. The van der Waals surface area contributed by atoms with E-state index in [1.165, 1.54) is 0 Å². The maximum absolute atomic E-state index is 12.0. The molecule has 0 atom stereocenters. The predicted molar refractivity (Wildman–Crippen MR) is 70.2 cm³/mol. The van der Waals surface area contributed by atoms with Gasteiger partial charge in [0.15, 0.2) is 0 Å². The van der Waals surface area contributed by atoms with Crippen molar-refractivity contribution in [3.8, 4) is 0 Å². The van der Waals surface area contributed by atoms with E-state index >= 15 is 0 Å². The first-order chi connectivity index (χ1) is 9.32. The third-order valence-electron chi connectivity index (χ3n) is 3.38. The summed E-state index contributed by atoms with van der Waals surface area (Å²) < 4.78 is 5.41. The Labute approximate surface area is 117 Å². The first-order valence-electron chi connectivity index (χ1n) is 6.68. The van der Waals surface area contributed by atoms with Crippen LogP contribution in [0.4, 0.5) is 0 Å². The maximum Gasteiger partial charge on any atom is 0.334 e. The largest absolute Gasteiger partial charge is 0.481 e. The van der Waals surface area contributed by atoms with Crippen LogP contribution in [-0.2, 0) is 19.1 Å². The monoisotopic (exact) mass is 284 g/mol. The summed E-state index contributed by atoms with van der Waals surface area (Å²) in [5, 5.41) is 17.4. The number of esters is 1. The van der Waals surface area contributed by atoms with E-state index in [2.05, 4.69) is 0 Å². The molecule has 0 aromatic heterocycles. The van der Waals surface area contributed by atoms with Crippen molar-refractivity contribution in [3.05, 3.63) is 11.6 Å². The molecule has 1 saturated carbocycles. The Hall–Kier alpha value is -1.85. The van der Waals surface area contributed by atoms with Crippen molar-refractivity contribution in [1.82, 2.24) is 0 Å². The number of carboxylic acid groups (broad SMARTS) is 2. The molecule has 6 heteroatoms. The molecule has 0 aromatic rings. The van der Waals surface area contributed by atoms with Crippen molar-refractivity contribution in [1.29, 1.82) is 0 Å². The van der Waals surface area contributed by atoms with Crippen LogP contribution in [0.2, 0.25) is 0 Å². The highest BCUT2D eigenvalue weighted by Gasteiger charge is 2.32. The molecule has 0 bridgehead atoms. The van der Waals surface area contributed by atoms with Crippen LogP contribution in [0.1, 0.15) is 51.9 Å². The van der Waals surface area contributed by atoms with Crippen molar-refractivity contribution >= 4 is 17.9 Å². The number of rotatable bonds is 6. The van der Waals surface area contributed by atoms with Crippen LogP contribution in [0, 0.1) is 0 Å². The van der Waals surface area contributed by atoms with Gasteiger partial charge in [-0.2, -0.15) is 0 Å². The minimum Gasteiger partial charge on any atom is -0.481 e. The van der Waals surface area contributed by atoms with Crippen molar-refractivity contribution in [2.24, 2.45) is 0 Å². The summed E-state index contributed by atoms with van der Waals surface area (Å²) >= 11 is 0. The molecule has 0 spiro atoms. The van der Waals surface area contributed by atoms with Crippen molar-refractivity contribution in [3.63, 3.8) is 0 Å². The van der Waals surface area contributed by atoms with Crippen LogP contribution in [0.25, 0.3) is 0 Å². The summed E-state index contributed by atoms with van der Waals surface area (Å²) in [6, 6.07) is 0. The van der Waals surface area contributed by atoms with Gasteiger partial charge in [-0.3, -0.25) is 9.59 Å². The molecule has 2 N–H and O–H groups in total. The van der Waals surface area contributed by atoms with E-state index in [4.69, 9.17) is 14.9 Å². The molecule has 0 aliphatic heterocycles. The molecule has 0 heterocycles. The Morgan fingerprint density at radius 1 is 1.10 bits per heavy atom. The Bertz CT molecular complexity index is 417. The number of aliphatic carboxylic acids is 2. The van der Waals surface area contributed by atoms with Crippen molar-refractivity contribution in [2.75, 3.05) is 0 Å². The second kappa shape index (κ2) is 7.07. The zero-order valence-electron chi connectivity index (χ0n) is 11.6. The molecule has 0 amide bonds. The molecule has 0 aromatic carbocycles. The van der Waals surface area contributed by atoms with Gasteiger partial charge in [-0.1, -0.05) is 12.5 Å². The lowest BCUT2D eigenvalue weighted by Crippen LogP contribution is -2.34. The van der Waals surface area contributed by atoms with E-state index in [9.17, 15) is 14.4 Å². The Balaban J connectivity index is 2.74. The van der Waals surface area contributed by atoms with Crippen LogP contribution < -0.4 is 0 Å². The van der Waals surface area contributed by atoms with Gasteiger partial charge in [0, 0.05) is 5.57 Å². The van der Waals surface area contributed by atoms with Crippen LogP contribution in [0.15, 0.2) is 11.6 Å². The molecule has 0 saturated heterocycles. The Morgan fingerprint density at radius 3 is 2.20 bits per heavy atom. The van der Waals surface area contributed by atoms with E-state index in [1.54, 1.807) is 0 Å². The summed E-state index contributed by atoms with van der Waals surface area (Å²) in [5.41, 5.74) is -0.678. The predicted octanol–water partition coefficient (Wildman–Crippen LogP) is 2.13. The highest BCUT2D eigenvalue weighted by Crippen LogP contribution is 2.32. The zero-order chi connectivity index (χ0) is 15.2. The van der Waals surface area contributed by atoms with Gasteiger partial charge in [0.05, 0.1) is 12.8 Å². The van der Waals surface area contributed by atoms with E-state index in [0.29, 0.717) is 0 Å². The summed E-state index contributed by atoms with van der Waals surface area (Å²) in [4.78, 5) is 33.3. The van der Waals surface area contributed by atoms with Crippen LogP contribution in [-0.4, -0.2) is 33.7 Å². The molecule has 6 nitrogen and oxygen atoms in total. The van der Waals surface area contributed by atoms with Crippen molar-refractivity contribution < 1.29 is 29.3 Å². The highest BCUT2D eigenvalue weighted by atomic mass is 16.6. The fraction of sp³-hybridized carbons (Fsp3) is 0.643. The second-order valence-electron chi connectivity index (χ2n) is 5.30. The topological polar surface area (TPSA) is 101 Å². The lowest BCUT2D eigenvalue weighted by molar-refractivity contribution is -0.157. The maximum atomic E-state index is 12.0. The number of hydrogen-bond donors (Lipinski definition) is 2. The quantitative estimate of drug-likeness (QED) is 0.572. The minimum atomic E-state index is -1.19. The fourth-order valence-electron chi connectivity index (χ4n) is 2.29. The SMILES string of the molecule is CC1(OC(=O)C(=CCC(=O)O)CC(=O)O)CCCCC1. The highest BCUT2D eigenvalue weighted by molar-refractivity contribution is 5.94. The number of hydrogen-bond acceptors (Lipinski definition) is 4. The van der Waals surface area contributed by atoms with Gasteiger partial charge in [-0.25, -0.2) is 4.79 Å². The van der Waals surface area contributed by atoms with E-state index in [-0.39, 0.29) is 5.57 Å². The van der Waals surface area contributed by atoms with E-state index in [0.717, 1.165) is 38.2 Å². The molecule has 1 rings (SSSR count). The van der Waals surface area contributed by atoms with Crippen LogP contribution >= 0.6 is 0 Å². The van der Waals surface area contributed by atoms with E-state index in [1.807, 2.05) is 6.92 Å². The van der Waals surface area contributed by atoms with Gasteiger partial charge in [-0.15, -0.1) is 0 Å². The average molecular weight is 284 g/mol. The van der Waals surface area contributed by atoms with Gasteiger partial charge >= 0.3 is 17.9 Å². The van der Waals surface area contributed by atoms with Gasteiger partial charge in [0.25, 0.3) is 0 Å². The average Bonchev–Trinajstić information content (AvgIpc) is 2.34.